The van der Waals surface area contributed by atoms with Crippen molar-refractivity contribution in [2.24, 2.45) is 0 Å². The van der Waals surface area contributed by atoms with Gasteiger partial charge in [0.2, 0.25) is 0 Å². The van der Waals surface area contributed by atoms with Gasteiger partial charge in [0, 0.05) is 12.7 Å². The number of pyridine rings is 1. The molecule has 2 aromatic rings. The van der Waals surface area contributed by atoms with Crippen molar-refractivity contribution < 1.29 is 4.39 Å². The van der Waals surface area contributed by atoms with E-state index in [4.69, 9.17) is 5.26 Å². The van der Waals surface area contributed by atoms with Gasteiger partial charge in [-0.25, -0.2) is 9.37 Å². The highest BCUT2D eigenvalue weighted by Crippen LogP contribution is 2.23. The second-order valence-electron chi connectivity index (χ2n) is 3.55. The largest absolute Gasteiger partial charge is 0.343 e. The quantitative estimate of drug-likeness (QED) is 0.792. The fraction of sp³-hybridized carbons (Fsp3) is 0.0769. The van der Waals surface area contributed by atoms with Gasteiger partial charge in [0.05, 0.1) is 11.9 Å². The lowest BCUT2D eigenvalue weighted by Crippen LogP contribution is -2.09. The molecule has 17 heavy (non-hydrogen) atoms. The summed E-state index contributed by atoms with van der Waals surface area (Å²) in [6.07, 6.45) is 1.59. The molecule has 0 amide bonds. The van der Waals surface area contributed by atoms with E-state index in [-0.39, 0.29) is 5.82 Å². The molecule has 0 radical (unpaired) electrons. The maximum atomic E-state index is 13.1. The van der Waals surface area contributed by atoms with Crippen LogP contribution in [0.15, 0.2) is 42.6 Å². The van der Waals surface area contributed by atoms with Crippen LogP contribution in [0.4, 0.5) is 15.8 Å². The van der Waals surface area contributed by atoms with Crippen LogP contribution in [0.25, 0.3) is 0 Å². The van der Waals surface area contributed by atoms with Crippen LogP contribution in [0.3, 0.4) is 0 Å². The minimum atomic E-state index is -0.282. The van der Waals surface area contributed by atoms with Gasteiger partial charge in [-0.05, 0) is 30.3 Å². The Balaban J connectivity index is 2.30. The van der Waals surface area contributed by atoms with Gasteiger partial charge in [0.15, 0.2) is 0 Å². The van der Waals surface area contributed by atoms with Crippen LogP contribution in [0.1, 0.15) is 5.69 Å². The summed E-state index contributed by atoms with van der Waals surface area (Å²) in [6, 6.07) is 11.7. The molecular formula is C13H10FN3. The van der Waals surface area contributed by atoms with Crippen molar-refractivity contribution in [3.05, 3.63) is 54.1 Å². The molecule has 0 unspecified atom stereocenters. The van der Waals surface area contributed by atoms with Crippen LogP contribution in [0.2, 0.25) is 0 Å². The molecule has 0 saturated carbocycles. The Labute approximate surface area is 98.8 Å². The molecule has 0 aliphatic heterocycles. The zero-order valence-corrected chi connectivity index (χ0v) is 9.26. The van der Waals surface area contributed by atoms with Crippen molar-refractivity contribution in [2.45, 2.75) is 0 Å². The molecule has 0 aliphatic carbocycles. The van der Waals surface area contributed by atoms with Gasteiger partial charge in [-0.2, -0.15) is 5.26 Å². The van der Waals surface area contributed by atoms with E-state index in [2.05, 4.69) is 4.98 Å². The van der Waals surface area contributed by atoms with Crippen molar-refractivity contribution in [3.8, 4) is 6.07 Å². The molecule has 1 aromatic heterocycles. The fourth-order valence-corrected chi connectivity index (χ4v) is 1.48. The third kappa shape index (κ3) is 2.40. The normalized spacial score (nSPS) is 9.71. The zero-order chi connectivity index (χ0) is 12.3. The summed E-state index contributed by atoms with van der Waals surface area (Å²) < 4.78 is 13.1. The summed E-state index contributed by atoms with van der Waals surface area (Å²) in [7, 11) is 1.82. The first-order valence-electron chi connectivity index (χ1n) is 5.06. The number of benzene rings is 1. The van der Waals surface area contributed by atoms with Crippen molar-refractivity contribution in [2.75, 3.05) is 11.9 Å². The first-order valence-corrected chi connectivity index (χ1v) is 5.06. The van der Waals surface area contributed by atoms with Crippen LogP contribution >= 0.6 is 0 Å². The molecule has 0 atom stereocenters. The fourth-order valence-electron chi connectivity index (χ4n) is 1.48. The molecular weight excluding hydrogens is 217 g/mol. The van der Waals surface area contributed by atoms with Crippen LogP contribution < -0.4 is 4.90 Å². The molecule has 3 nitrogen and oxygen atoms in total. The first-order chi connectivity index (χ1) is 8.20. The van der Waals surface area contributed by atoms with E-state index in [0.29, 0.717) is 5.69 Å². The van der Waals surface area contributed by atoms with Gasteiger partial charge in [0.1, 0.15) is 17.6 Å². The van der Waals surface area contributed by atoms with E-state index in [1.165, 1.54) is 12.1 Å². The zero-order valence-electron chi connectivity index (χ0n) is 9.26. The van der Waals surface area contributed by atoms with Crippen LogP contribution in [0, 0.1) is 17.1 Å². The minimum Gasteiger partial charge on any atom is -0.343 e. The average molecular weight is 227 g/mol. The van der Waals surface area contributed by atoms with E-state index in [1.54, 1.807) is 35.4 Å². The number of hydrogen-bond donors (Lipinski definition) is 0. The third-order valence-electron chi connectivity index (χ3n) is 2.45. The Bertz CT molecular complexity index is 558. The van der Waals surface area contributed by atoms with E-state index in [0.717, 1.165) is 11.4 Å². The van der Waals surface area contributed by atoms with Gasteiger partial charge < -0.3 is 4.90 Å². The van der Waals surface area contributed by atoms with E-state index in [1.807, 2.05) is 13.1 Å². The summed E-state index contributed by atoms with van der Waals surface area (Å²) in [5, 5.41) is 8.64. The Morgan fingerprint density at radius 3 is 2.65 bits per heavy atom. The third-order valence-corrected chi connectivity index (χ3v) is 2.45. The molecule has 0 spiro atoms. The number of halogens is 1. The van der Waals surface area contributed by atoms with Gasteiger partial charge in [-0.15, -0.1) is 0 Å². The van der Waals surface area contributed by atoms with Crippen LogP contribution in [-0.4, -0.2) is 12.0 Å². The monoisotopic (exact) mass is 227 g/mol. The average Bonchev–Trinajstić information content (AvgIpc) is 2.38. The highest BCUT2D eigenvalue weighted by Gasteiger charge is 2.05. The molecule has 2 rings (SSSR count). The van der Waals surface area contributed by atoms with Crippen molar-refractivity contribution in [1.82, 2.24) is 4.98 Å². The molecule has 0 saturated heterocycles. The van der Waals surface area contributed by atoms with Gasteiger partial charge >= 0.3 is 0 Å². The number of rotatable bonds is 2. The lowest BCUT2D eigenvalue weighted by atomic mass is 10.2. The number of aromatic nitrogens is 1. The molecule has 4 heteroatoms. The first kappa shape index (κ1) is 11.1. The minimum absolute atomic E-state index is 0.282. The van der Waals surface area contributed by atoms with E-state index in [9.17, 15) is 4.39 Å². The Hall–Kier alpha value is -2.41. The second-order valence-corrected chi connectivity index (χ2v) is 3.55. The maximum Gasteiger partial charge on any atom is 0.140 e. The summed E-state index contributed by atoms with van der Waals surface area (Å²) in [5.41, 5.74) is 1.90. The Morgan fingerprint density at radius 2 is 2.06 bits per heavy atom. The second kappa shape index (κ2) is 4.62. The SMILES string of the molecule is CN(c1ccc(C#N)nc1)c1cccc(F)c1. The number of anilines is 2. The van der Waals surface area contributed by atoms with E-state index >= 15 is 0 Å². The molecule has 0 bridgehead atoms. The summed E-state index contributed by atoms with van der Waals surface area (Å²) in [6.45, 7) is 0. The highest BCUT2D eigenvalue weighted by molar-refractivity contribution is 5.61. The smallest absolute Gasteiger partial charge is 0.140 e. The molecule has 1 aromatic carbocycles. The lowest BCUT2D eigenvalue weighted by Gasteiger charge is -2.18. The van der Waals surface area contributed by atoms with E-state index < -0.39 is 0 Å². The van der Waals surface area contributed by atoms with Crippen molar-refractivity contribution in [1.29, 1.82) is 5.26 Å². The summed E-state index contributed by atoms with van der Waals surface area (Å²) in [5.74, 6) is -0.282. The van der Waals surface area contributed by atoms with Crippen LogP contribution in [-0.2, 0) is 0 Å². The standard InChI is InChI=1S/C13H10FN3/c1-17(12-4-2-3-10(14)7-12)13-6-5-11(8-15)16-9-13/h2-7,9H,1H3. The van der Waals surface area contributed by atoms with Gasteiger partial charge in [-0.3, -0.25) is 0 Å². The summed E-state index contributed by atoms with van der Waals surface area (Å²) >= 11 is 0. The van der Waals surface area contributed by atoms with Crippen molar-refractivity contribution in [3.63, 3.8) is 0 Å². The molecule has 1 heterocycles. The number of nitriles is 1. The topological polar surface area (TPSA) is 39.9 Å². The Kier molecular flexibility index (Phi) is 3.01. The highest BCUT2D eigenvalue weighted by atomic mass is 19.1. The van der Waals surface area contributed by atoms with Gasteiger partial charge in [-0.1, -0.05) is 6.07 Å². The lowest BCUT2D eigenvalue weighted by molar-refractivity contribution is 0.628. The molecule has 0 fully saturated rings. The van der Waals surface area contributed by atoms with Crippen LogP contribution in [0.5, 0.6) is 0 Å². The molecule has 84 valence electrons. The number of nitrogens with zero attached hydrogens (tertiary/aromatic N) is 3. The van der Waals surface area contributed by atoms with Crippen molar-refractivity contribution >= 4 is 11.4 Å². The predicted molar refractivity (Wildman–Crippen MR) is 63.4 cm³/mol. The predicted octanol–water partition coefficient (Wildman–Crippen LogP) is 2.86. The molecule has 0 N–H and O–H groups in total. The molecule has 0 aliphatic rings. The number of hydrogen-bond acceptors (Lipinski definition) is 3. The Morgan fingerprint density at radius 1 is 1.24 bits per heavy atom. The maximum absolute atomic E-state index is 13.1. The summed E-state index contributed by atoms with van der Waals surface area (Å²) in [4.78, 5) is 5.77. The van der Waals surface area contributed by atoms with Gasteiger partial charge in [0.25, 0.3) is 0 Å².